The number of halogens is 1. The summed E-state index contributed by atoms with van der Waals surface area (Å²) >= 11 is 0. The van der Waals surface area contributed by atoms with Crippen molar-refractivity contribution in [2.45, 2.75) is 38.8 Å². The Morgan fingerprint density at radius 1 is 1.30 bits per heavy atom. The van der Waals surface area contributed by atoms with Crippen molar-refractivity contribution in [3.05, 3.63) is 35.9 Å². The highest BCUT2D eigenvalue weighted by Crippen LogP contribution is 2.18. The van der Waals surface area contributed by atoms with E-state index in [1.807, 2.05) is 17.9 Å². The molecule has 1 amide bonds. The van der Waals surface area contributed by atoms with Gasteiger partial charge in [0.25, 0.3) is 0 Å². The van der Waals surface area contributed by atoms with Gasteiger partial charge in [-0.05, 0) is 33.0 Å². The van der Waals surface area contributed by atoms with Crippen LogP contribution in [0.3, 0.4) is 0 Å². The highest BCUT2D eigenvalue weighted by atomic mass is 127. The summed E-state index contributed by atoms with van der Waals surface area (Å²) in [6, 6.07) is 10.9. The third-order valence-corrected chi connectivity index (χ3v) is 4.76. The molecule has 0 bridgehead atoms. The lowest BCUT2D eigenvalue weighted by molar-refractivity contribution is -0.129. The Bertz CT molecular complexity index is 593. The van der Waals surface area contributed by atoms with Crippen molar-refractivity contribution in [3.8, 4) is 0 Å². The summed E-state index contributed by atoms with van der Waals surface area (Å²) in [4.78, 5) is 20.8. The number of nitrogens with one attached hydrogen (secondary N) is 2. The van der Waals surface area contributed by atoms with Gasteiger partial charge < -0.3 is 20.4 Å². The van der Waals surface area contributed by atoms with E-state index < -0.39 is 0 Å². The molecule has 1 aromatic rings. The molecule has 2 rings (SSSR count). The van der Waals surface area contributed by atoms with Gasteiger partial charge in [0.2, 0.25) is 5.91 Å². The molecule has 2 atom stereocenters. The fourth-order valence-corrected chi connectivity index (χ4v) is 3.26. The minimum absolute atomic E-state index is 0. The number of aliphatic imine (C=N–C) groups is 1. The van der Waals surface area contributed by atoms with Crippen molar-refractivity contribution in [1.82, 2.24) is 20.4 Å². The largest absolute Gasteiger partial charge is 0.357 e. The number of benzene rings is 1. The Labute approximate surface area is 180 Å². The molecular weight excluding hydrogens is 453 g/mol. The lowest BCUT2D eigenvalue weighted by atomic mass is 10.1. The number of carbonyl (C=O) groups is 1. The minimum Gasteiger partial charge on any atom is -0.357 e. The zero-order chi connectivity index (χ0) is 18.9. The van der Waals surface area contributed by atoms with Crippen LogP contribution in [0.15, 0.2) is 35.3 Å². The van der Waals surface area contributed by atoms with Gasteiger partial charge in [0.1, 0.15) is 0 Å². The van der Waals surface area contributed by atoms with Crippen molar-refractivity contribution in [2.24, 2.45) is 4.99 Å². The van der Waals surface area contributed by atoms with Gasteiger partial charge in [-0.3, -0.25) is 9.79 Å². The molecule has 2 N–H and O–H groups in total. The molecule has 152 valence electrons. The first-order valence-electron chi connectivity index (χ1n) is 9.59. The van der Waals surface area contributed by atoms with E-state index in [2.05, 4.69) is 60.8 Å². The monoisotopic (exact) mass is 487 g/mol. The SMILES string of the molecule is CCNC(=NCC(c1ccccc1)N(C)C)NC1CCN(C(=O)CC)C1.I. The molecule has 0 spiro atoms. The van der Waals surface area contributed by atoms with Crippen molar-refractivity contribution < 1.29 is 4.79 Å². The lowest BCUT2D eigenvalue weighted by Gasteiger charge is -2.24. The molecular formula is C20H34IN5O. The van der Waals surface area contributed by atoms with E-state index in [-0.39, 0.29) is 42.0 Å². The van der Waals surface area contributed by atoms with Gasteiger partial charge in [-0.15, -0.1) is 24.0 Å². The molecule has 0 saturated carbocycles. The number of amides is 1. The van der Waals surface area contributed by atoms with Crippen LogP contribution < -0.4 is 10.6 Å². The zero-order valence-corrected chi connectivity index (χ0v) is 19.3. The summed E-state index contributed by atoms with van der Waals surface area (Å²) in [6.07, 6.45) is 1.54. The Morgan fingerprint density at radius 3 is 2.59 bits per heavy atom. The molecule has 1 heterocycles. The Morgan fingerprint density at radius 2 is 2.00 bits per heavy atom. The van der Waals surface area contributed by atoms with E-state index in [0.29, 0.717) is 13.0 Å². The van der Waals surface area contributed by atoms with Gasteiger partial charge in [-0.2, -0.15) is 0 Å². The number of rotatable bonds is 7. The predicted octanol–water partition coefficient (Wildman–Crippen LogP) is 2.47. The van der Waals surface area contributed by atoms with E-state index in [1.165, 1.54) is 5.56 Å². The standard InChI is InChI=1S/C20H33N5O.HI/c1-5-19(26)25-13-12-17(15-25)23-20(21-6-2)22-14-18(24(3)4)16-10-8-7-9-11-16;/h7-11,17-18H,5-6,12-15H2,1-4H3,(H2,21,22,23);1H. The second-order valence-electron chi connectivity index (χ2n) is 6.93. The molecule has 7 heteroatoms. The number of hydrogen-bond donors (Lipinski definition) is 2. The first-order chi connectivity index (χ1) is 12.5. The van der Waals surface area contributed by atoms with Crippen LogP contribution >= 0.6 is 24.0 Å². The van der Waals surface area contributed by atoms with E-state index in [1.54, 1.807) is 0 Å². The normalized spacial score (nSPS) is 18.2. The summed E-state index contributed by atoms with van der Waals surface area (Å²) in [5.74, 6) is 1.05. The van der Waals surface area contributed by atoms with Crippen LogP contribution in [0.5, 0.6) is 0 Å². The van der Waals surface area contributed by atoms with Gasteiger partial charge in [0.05, 0.1) is 12.6 Å². The number of nitrogens with zero attached hydrogens (tertiary/aromatic N) is 3. The molecule has 1 aromatic carbocycles. The van der Waals surface area contributed by atoms with Gasteiger partial charge in [0, 0.05) is 32.1 Å². The summed E-state index contributed by atoms with van der Waals surface area (Å²) < 4.78 is 0. The third kappa shape index (κ3) is 7.29. The molecule has 1 aliphatic heterocycles. The number of likely N-dealkylation sites (N-methyl/N-ethyl adjacent to an activating group) is 1. The van der Waals surface area contributed by atoms with Gasteiger partial charge in [-0.1, -0.05) is 37.3 Å². The first kappa shape index (κ1) is 23.7. The maximum absolute atomic E-state index is 11.9. The van der Waals surface area contributed by atoms with Crippen LogP contribution in [0, 0.1) is 0 Å². The van der Waals surface area contributed by atoms with E-state index in [4.69, 9.17) is 4.99 Å². The van der Waals surface area contributed by atoms with Gasteiger partial charge in [-0.25, -0.2) is 0 Å². The lowest BCUT2D eigenvalue weighted by Crippen LogP contribution is -2.45. The Kier molecular flexibility index (Phi) is 10.7. The average molecular weight is 487 g/mol. The molecule has 6 nitrogen and oxygen atoms in total. The second kappa shape index (κ2) is 12.2. The first-order valence-corrected chi connectivity index (χ1v) is 9.59. The fraction of sp³-hybridized carbons (Fsp3) is 0.600. The molecule has 0 aliphatic carbocycles. The maximum atomic E-state index is 11.9. The van der Waals surface area contributed by atoms with Crippen LogP contribution in [-0.2, 0) is 4.79 Å². The zero-order valence-electron chi connectivity index (χ0n) is 16.9. The Balaban J connectivity index is 0.00000364. The summed E-state index contributed by atoms with van der Waals surface area (Å²) in [5.41, 5.74) is 1.26. The summed E-state index contributed by atoms with van der Waals surface area (Å²) in [6.45, 7) is 7.06. The molecule has 1 fully saturated rings. The molecule has 27 heavy (non-hydrogen) atoms. The van der Waals surface area contributed by atoms with Gasteiger partial charge in [0.15, 0.2) is 5.96 Å². The topological polar surface area (TPSA) is 60.0 Å². The smallest absolute Gasteiger partial charge is 0.222 e. The van der Waals surface area contributed by atoms with E-state index >= 15 is 0 Å². The number of carbonyl (C=O) groups excluding carboxylic acids is 1. The van der Waals surface area contributed by atoms with Crippen molar-refractivity contribution in [3.63, 3.8) is 0 Å². The van der Waals surface area contributed by atoms with Crippen molar-refractivity contribution >= 4 is 35.8 Å². The fourth-order valence-electron chi connectivity index (χ4n) is 3.26. The summed E-state index contributed by atoms with van der Waals surface area (Å²) in [7, 11) is 4.16. The van der Waals surface area contributed by atoms with Crippen LogP contribution in [0.25, 0.3) is 0 Å². The number of guanidine groups is 1. The minimum atomic E-state index is 0. The summed E-state index contributed by atoms with van der Waals surface area (Å²) in [5, 5.41) is 6.83. The van der Waals surface area contributed by atoms with Crippen LogP contribution in [-0.4, -0.2) is 68.0 Å². The maximum Gasteiger partial charge on any atom is 0.222 e. The quantitative estimate of drug-likeness (QED) is 0.353. The van der Waals surface area contributed by atoms with Gasteiger partial charge >= 0.3 is 0 Å². The average Bonchev–Trinajstić information content (AvgIpc) is 3.10. The van der Waals surface area contributed by atoms with Crippen molar-refractivity contribution in [2.75, 3.05) is 40.3 Å². The van der Waals surface area contributed by atoms with Crippen LogP contribution in [0.2, 0.25) is 0 Å². The second-order valence-corrected chi connectivity index (χ2v) is 6.93. The van der Waals surface area contributed by atoms with Crippen LogP contribution in [0.4, 0.5) is 0 Å². The Hall–Kier alpha value is -1.35. The highest BCUT2D eigenvalue weighted by molar-refractivity contribution is 14.0. The molecule has 1 aliphatic rings. The van der Waals surface area contributed by atoms with Crippen molar-refractivity contribution in [1.29, 1.82) is 0 Å². The van der Waals surface area contributed by atoms with Crippen LogP contribution in [0.1, 0.15) is 38.3 Å². The molecule has 2 unspecified atom stereocenters. The van der Waals surface area contributed by atoms with E-state index in [0.717, 1.165) is 32.0 Å². The molecule has 0 radical (unpaired) electrons. The molecule has 1 saturated heterocycles. The van der Waals surface area contributed by atoms with E-state index in [9.17, 15) is 4.79 Å². The number of likely N-dealkylation sites (tertiary alicyclic amines) is 1. The predicted molar refractivity (Wildman–Crippen MR) is 123 cm³/mol. The third-order valence-electron chi connectivity index (χ3n) is 4.76. The molecule has 0 aromatic heterocycles. The highest BCUT2D eigenvalue weighted by Gasteiger charge is 2.26. The number of hydrogen-bond acceptors (Lipinski definition) is 3.